The molecule has 0 heterocycles. The van der Waals surface area contributed by atoms with Crippen molar-refractivity contribution in [1.82, 2.24) is 10.2 Å². The fourth-order valence-electron chi connectivity index (χ4n) is 2.04. The van der Waals surface area contributed by atoms with Gasteiger partial charge >= 0.3 is 0 Å². The van der Waals surface area contributed by atoms with Gasteiger partial charge in [0, 0.05) is 17.1 Å². The van der Waals surface area contributed by atoms with Crippen LogP contribution in [0, 0.1) is 0 Å². The number of nitrogens with zero attached hydrogens (tertiary/aromatic N) is 1. The quantitative estimate of drug-likeness (QED) is 0.770. The first kappa shape index (κ1) is 16.6. The first-order valence-corrected chi connectivity index (χ1v) is 7.61. The Labute approximate surface area is 125 Å². The molecule has 0 aliphatic rings. The number of aliphatic hydroxyl groups excluding tert-OH is 1. The van der Waals surface area contributed by atoms with E-state index in [9.17, 15) is 5.11 Å². The standard InChI is InChI=1S/C15H25BrN2O/c1-12(19)8-10-18(3)11-9-15(17-2)13-4-6-14(16)7-5-13/h4-7,12,15,17,19H,8-11H2,1-3H3. The van der Waals surface area contributed by atoms with E-state index in [0.717, 1.165) is 30.4 Å². The molecule has 0 bridgehead atoms. The number of hydrogen-bond acceptors (Lipinski definition) is 3. The Bertz CT molecular complexity index is 354. The van der Waals surface area contributed by atoms with E-state index < -0.39 is 0 Å². The fourth-order valence-corrected chi connectivity index (χ4v) is 2.31. The molecule has 0 aliphatic carbocycles. The van der Waals surface area contributed by atoms with Crippen molar-refractivity contribution in [1.29, 1.82) is 0 Å². The highest BCUT2D eigenvalue weighted by atomic mass is 79.9. The topological polar surface area (TPSA) is 35.5 Å². The van der Waals surface area contributed by atoms with Crippen molar-refractivity contribution in [2.75, 3.05) is 27.2 Å². The third-order valence-corrected chi connectivity index (χ3v) is 3.88. The van der Waals surface area contributed by atoms with Gasteiger partial charge in [-0.25, -0.2) is 0 Å². The van der Waals surface area contributed by atoms with Gasteiger partial charge in [0.15, 0.2) is 0 Å². The van der Waals surface area contributed by atoms with Crippen molar-refractivity contribution in [3.8, 4) is 0 Å². The lowest BCUT2D eigenvalue weighted by molar-refractivity contribution is 0.163. The average molecular weight is 329 g/mol. The Morgan fingerprint density at radius 3 is 2.32 bits per heavy atom. The minimum Gasteiger partial charge on any atom is -0.393 e. The maximum Gasteiger partial charge on any atom is 0.0524 e. The van der Waals surface area contributed by atoms with E-state index in [-0.39, 0.29) is 6.10 Å². The van der Waals surface area contributed by atoms with Gasteiger partial charge in [0.2, 0.25) is 0 Å². The summed E-state index contributed by atoms with van der Waals surface area (Å²) in [5.74, 6) is 0. The van der Waals surface area contributed by atoms with Crippen LogP contribution < -0.4 is 5.32 Å². The maximum absolute atomic E-state index is 9.29. The highest BCUT2D eigenvalue weighted by Gasteiger charge is 2.10. The van der Waals surface area contributed by atoms with Gasteiger partial charge in [0.05, 0.1) is 6.10 Å². The Morgan fingerprint density at radius 1 is 1.21 bits per heavy atom. The molecule has 4 heteroatoms. The number of nitrogens with one attached hydrogen (secondary N) is 1. The lowest BCUT2D eigenvalue weighted by Crippen LogP contribution is -2.27. The smallest absolute Gasteiger partial charge is 0.0524 e. The summed E-state index contributed by atoms with van der Waals surface area (Å²) in [6.45, 7) is 3.80. The van der Waals surface area contributed by atoms with Crippen molar-refractivity contribution in [2.45, 2.75) is 31.9 Å². The maximum atomic E-state index is 9.29. The molecule has 0 amide bonds. The zero-order valence-corrected chi connectivity index (χ0v) is 13.7. The molecule has 2 atom stereocenters. The van der Waals surface area contributed by atoms with Gasteiger partial charge in [-0.2, -0.15) is 0 Å². The van der Waals surface area contributed by atoms with E-state index in [2.05, 4.69) is 57.5 Å². The molecular formula is C15H25BrN2O. The van der Waals surface area contributed by atoms with Gasteiger partial charge in [-0.05, 0) is 58.1 Å². The summed E-state index contributed by atoms with van der Waals surface area (Å²) in [7, 11) is 4.11. The van der Waals surface area contributed by atoms with E-state index in [0.29, 0.717) is 6.04 Å². The number of rotatable bonds is 8. The van der Waals surface area contributed by atoms with Crippen LogP contribution in [0.1, 0.15) is 31.4 Å². The minimum atomic E-state index is -0.214. The van der Waals surface area contributed by atoms with Gasteiger partial charge in [0.1, 0.15) is 0 Å². The van der Waals surface area contributed by atoms with Crippen LogP contribution in [0.2, 0.25) is 0 Å². The lowest BCUT2D eigenvalue weighted by Gasteiger charge is -2.22. The van der Waals surface area contributed by atoms with Crippen molar-refractivity contribution < 1.29 is 5.11 Å². The van der Waals surface area contributed by atoms with Crippen molar-refractivity contribution in [2.24, 2.45) is 0 Å². The predicted octanol–water partition coefficient (Wildman–Crippen LogP) is 2.80. The second kappa shape index (κ2) is 8.69. The molecule has 2 unspecified atom stereocenters. The first-order valence-electron chi connectivity index (χ1n) is 6.82. The Kier molecular flexibility index (Phi) is 7.61. The molecule has 0 saturated heterocycles. The number of halogens is 1. The molecule has 0 aromatic heterocycles. The number of aliphatic hydroxyl groups is 1. The van der Waals surface area contributed by atoms with Crippen LogP contribution in [0.5, 0.6) is 0 Å². The van der Waals surface area contributed by atoms with E-state index in [1.54, 1.807) is 0 Å². The number of hydrogen-bond donors (Lipinski definition) is 2. The first-order chi connectivity index (χ1) is 9.02. The molecule has 1 aromatic carbocycles. The molecular weight excluding hydrogens is 304 g/mol. The molecule has 0 spiro atoms. The summed E-state index contributed by atoms with van der Waals surface area (Å²) >= 11 is 3.46. The number of benzene rings is 1. The summed E-state index contributed by atoms with van der Waals surface area (Å²) in [5, 5.41) is 12.7. The van der Waals surface area contributed by atoms with E-state index >= 15 is 0 Å². The molecule has 0 aliphatic heterocycles. The second-order valence-corrected chi connectivity index (χ2v) is 6.04. The Balaban J connectivity index is 2.42. The molecule has 3 nitrogen and oxygen atoms in total. The van der Waals surface area contributed by atoms with Crippen LogP contribution in [-0.2, 0) is 0 Å². The van der Waals surface area contributed by atoms with Crippen LogP contribution >= 0.6 is 15.9 Å². The van der Waals surface area contributed by atoms with E-state index in [1.807, 2.05) is 14.0 Å². The zero-order chi connectivity index (χ0) is 14.3. The molecule has 1 rings (SSSR count). The molecule has 0 fully saturated rings. The second-order valence-electron chi connectivity index (χ2n) is 5.12. The van der Waals surface area contributed by atoms with E-state index in [1.165, 1.54) is 5.56 Å². The van der Waals surface area contributed by atoms with Gasteiger partial charge in [-0.3, -0.25) is 0 Å². The fraction of sp³-hybridized carbons (Fsp3) is 0.600. The SMILES string of the molecule is CNC(CCN(C)CCC(C)O)c1ccc(Br)cc1. The summed E-state index contributed by atoms with van der Waals surface area (Å²) in [4.78, 5) is 2.27. The lowest BCUT2D eigenvalue weighted by atomic mass is 10.0. The predicted molar refractivity (Wildman–Crippen MR) is 84.4 cm³/mol. The highest BCUT2D eigenvalue weighted by Crippen LogP contribution is 2.19. The van der Waals surface area contributed by atoms with E-state index in [4.69, 9.17) is 0 Å². The van der Waals surface area contributed by atoms with Gasteiger partial charge in [-0.15, -0.1) is 0 Å². The van der Waals surface area contributed by atoms with Crippen LogP contribution in [0.3, 0.4) is 0 Å². The third kappa shape index (κ3) is 6.52. The van der Waals surface area contributed by atoms with Crippen LogP contribution in [-0.4, -0.2) is 43.3 Å². The van der Waals surface area contributed by atoms with Gasteiger partial charge in [0.25, 0.3) is 0 Å². The molecule has 1 aromatic rings. The summed E-state index contributed by atoms with van der Waals surface area (Å²) < 4.78 is 1.11. The molecule has 108 valence electrons. The van der Waals surface area contributed by atoms with Crippen LogP contribution in [0.4, 0.5) is 0 Å². The van der Waals surface area contributed by atoms with Gasteiger partial charge in [-0.1, -0.05) is 28.1 Å². The zero-order valence-electron chi connectivity index (χ0n) is 12.1. The summed E-state index contributed by atoms with van der Waals surface area (Å²) in [5.41, 5.74) is 1.31. The highest BCUT2D eigenvalue weighted by molar-refractivity contribution is 9.10. The Hall–Kier alpha value is -0.420. The Morgan fingerprint density at radius 2 is 1.79 bits per heavy atom. The average Bonchev–Trinajstić information content (AvgIpc) is 2.39. The summed E-state index contributed by atoms with van der Waals surface area (Å²) in [6.07, 6.45) is 1.68. The molecule has 2 N–H and O–H groups in total. The van der Waals surface area contributed by atoms with Crippen molar-refractivity contribution in [3.05, 3.63) is 34.3 Å². The normalized spacial score (nSPS) is 14.6. The van der Waals surface area contributed by atoms with Crippen molar-refractivity contribution >= 4 is 15.9 Å². The van der Waals surface area contributed by atoms with Gasteiger partial charge < -0.3 is 15.3 Å². The van der Waals surface area contributed by atoms with Crippen molar-refractivity contribution in [3.63, 3.8) is 0 Å². The largest absolute Gasteiger partial charge is 0.393 e. The van der Waals surface area contributed by atoms with Crippen LogP contribution in [0.25, 0.3) is 0 Å². The third-order valence-electron chi connectivity index (χ3n) is 3.35. The molecule has 0 saturated carbocycles. The summed E-state index contributed by atoms with van der Waals surface area (Å²) in [6, 6.07) is 8.84. The molecule has 0 radical (unpaired) electrons. The minimum absolute atomic E-state index is 0.214. The van der Waals surface area contributed by atoms with Crippen LogP contribution in [0.15, 0.2) is 28.7 Å². The molecule has 19 heavy (non-hydrogen) atoms. The monoisotopic (exact) mass is 328 g/mol.